The molecule has 4 nitrogen and oxygen atoms in total. The minimum Gasteiger partial charge on any atom is -0.321 e. The first-order valence-corrected chi connectivity index (χ1v) is 11.5. The third-order valence-electron chi connectivity index (χ3n) is 5.34. The summed E-state index contributed by atoms with van der Waals surface area (Å²) in [6.45, 7) is 0.851. The first-order chi connectivity index (χ1) is 13.7. The summed E-state index contributed by atoms with van der Waals surface area (Å²) in [5.41, 5.74) is 2.05. The van der Waals surface area contributed by atoms with E-state index < -0.39 is 0 Å². The van der Waals surface area contributed by atoms with Crippen LogP contribution in [0.3, 0.4) is 0 Å². The number of hydrogen-bond donors (Lipinski definition) is 1. The maximum absolute atomic E-state index is 12.8. The van der Waals surface area contributed by atoms with Gasteiger partial charge in [0.15, 0.2) is 0 Å². The molecule has 0 aliphatic heterocycles. The third kappa shape index (κ3) is 4.51. The molecule has 2 aromatic heterocycles. The van der Waals surface area contributed by atoms with E-state index in [2.05, 4.69) is 28.3 Å². The predicted octanol–water partition coefficient (Wildman–Crippen LogP) is 5.89. The van der Waals surface area contributed by atoms with Crippen LogP contribution < -0.4 is 5.32 Å². The van der Waals surface area contributed by atoms with E-state index in [1.54, 1.807) is 17.5 Å². The lowest BCUT2D eigenvalue weighted by molar-refractivity contribution is 0.103. The van der Waals surface area contributed by atoms with Gasteiger partial charge in [-0.3, -0.25) is 9.69 Å². The fourth-order valence-electron chi connectivity index (χ4n) is 3.78. The average Bonchev–Trinajstić information content (AvgIpc) is 3.42. The van der Waals surface area contributed by atoms with E-state index in [1.165, 1.54) is 43.4 Å². The van der Waals surface area contributed by atoms with Crippen molar-refractivity contribution >= 4 is 34.3 Å². The Kier molecular flexibility index (Phi) is 6.20. The number of para-hydroxylation sites is 1. The number of aromatic nitrogens is 1. The Balaban J connectivity index is 1.45. The van der Waals surface area contributed by atoms with Crippen molar-refractivity contribution < 1.29 is 4.79 Å². The summed E-state index contributed by atoms with van der Waals surface area (Å²) in [5.74, 6) is -0.0897. The quantitative estimate of drug-likeness (QED) is 0.550. The molecule has 1 aliphatic rings. The van der Waals surface area contributed by atoms with Crippen molar-refractivity contribution in [1.29, 1.82) is 0 Å². The van der Waals surface area contributed by atoms with Crippen LogP contribution in [0.2, 0.25) is 0 Å². The summed E-state index contributed by atoms with van der Waals surface area (Å²) in [6, 6.07) is 12.8. The summed E-state index contributed by atoms with van der Waals surface area (Å²) in [6.07, 6.45) is 8.23. The Bertz CT molecular complexity index is 914. The van der Waals surface area contributed by atoms with Crippen LogP contribution in [0.15, 0.2) is 48.0 Å². The fourth-order valence-corrected chi connectivity index (χ4v) is 5.39. The summed E-state index contributed by atoms with van der Waals surface area (Å²) >= 11 is 3.08. The highest BCUT2D eigenvalue weighted by atomic mass is 32.1. The lowest BCUT2D eigenvalue weighted by Gasteiger charge is -2.31. The standard InChI is InChI=1S/C22H25N3OS2/c1-25(17-9-3-2-4-10-17)15-16-8-5-6-11-18(16)24-21(26)20-14-23-22(28-20)19-12-7-13-27-19/h5-8,11-14,17H,2-4,9-10,15H2,1H3,(H,24,26). The highest BCUT2D eigenvalue weighted by Gasteiger charge is 2.19. The second kappa shape index (κ2) is 8.99. The van der Waals surface area contributed by atoms with Gasteiger partial charge in [-0.05, 0) is 43.0 Å². The van der Waals surface area contributed by atoms with E-state index in [1.807, 2.05) is 35.7 Å². The number of benzene rings is 1. The summed E-state index contributed by atoms with van der Waals surface area (Å²) in [7, 11) is 2.20. The number of nitrogens with zero attached hydrogens (tertiary/aromatic N) is 2. The van der Waals surface area contributed by atoms with E-state index in [0.29, 0.717) is 10.9 Å². The van der Waals surface area contributed by atoms with Crippen LogP contribution in [-0.2, 0) is 6.54 Å². The molecule has 1 aliphatic carbocycles. The van der Waals surface area contributed by atoms with Crippen LogP contribution in [0.4, 0.5) is 5.69 Å². The molecule has 28 heavy (non-hydrogen) atoms. The molecule has 6 heteroatoms. The molecule has 1 amide bonds. The summed E-state index contributed by atoms with van der Waals surface area (Å²) in [4.78, 5) is 21.4. The maximum atomic E-state index is 12.8. The third-order valence-corrected chi connectivity index (χ3v) is 7.38. The topological polar surface area (TPSA) is 45.2 Å². The summed E-state index contributed by atoms with van der Waals surface area (Å²) < 4.78 is 0. The number of nitrogens with one attached hydrogen (secondary N) is 1. The van der Waals surface area contributed by atoms with Gasteiger partial charge in [-0.15, -0.1) is 22.7 Å². The van der Waals surface area contributed by atoms with Crippen LogP contribution in [0.5, 0.6) is 0 Å². The fraction of sp³-hybridized carbons (Fsp3) is 0.364. The molecule has 1 N–H and O–H groups in total. The Morgan fingerprint density at radius 3 is 2.79 bits per heavy atom. The molecule has 0 saturated heterocycles. The van der Waals surface area contributed by atoms with Gasteiger partial charge >= 0.3 is 0 Å². The maximum Gasteiger partial charge on any atom is 0.267 e. The van der Waals surface area contributed by atoms with Crippen LogP contribution >= 0.6 is 22.7 Å². The second-order valence-electron chi connectivity index (χ2n) is 7.33. The highest BCUT2D eigenvalue weighted by molar-refractivity contribution is 7.22. The number of carbonyl (C=O) groups excluding carboxylic acids is 1. The van der Waals surface area contributed by atoms with Gasteiger partial charge in [0.05, 0.1) is 11.1 Å². The minimum atomic E-state index is -0.0897. The van der Waals surface area contributed by atoms with Crippen molar-refractivity contribution in [1.82, 2.24) is 9.88 Å². The second-order valence-corrected chi connectivity index (χ2v) is 9.30. The van der Waals surface area contributed by atoms with Crippen molar-refractivity contribution in [2.75, 3.05) is 12.4 Å². The number of thiazole rings is 1. The van der Waals surface area contributed by atoms with Crippen molar-refractivity contribution in [2.24, 2.45) is 0 Å². The van der Waals surface area contributed by atoms with Crippen LogP contribution in [0.25, 0.3) is 9.88 Å². The van der Waals surface area contributed by atoms with Crippen LogP contribution in [-0.4, -0.2) is 28.9 Å². The van der Waals surface area contributed by atoms with Gasteiger partial charge in [-0.1, -0.05) is 43.5 Å². The highest BCUT2D eigenvalue weighted by Crippen LogP contribution is 2.30. The zero-order chi connectivity index (χ0) is 19.3. The zero-order valence-electron chi connectivity index (χ0n) is 16.1. The van der Waals surface area contributed by atoms with E-state index in [4.69, 9.17) is 0 Å². The lowest BCUT2D eigenvalue weighted by atomic mass is 9.94. The molecule has 0 atom stereocenters. The molecule has 1 fully saturated rings. The minimum absolute atomic E-state index is 0.0897. The summed E-state index contributed by atoms with van der Waals surface area (Å²) in [5, 5.41) is 6.02. The monoisotopic (exact) mass is 411 g/mol. The molecular weight excluding hydrogens is 386 g/mol. The van der Waals surface area contributed by atoms with Gasteiger partial charge in [0.1, 0.15) is 9.88 Å². The van der Waals surface area contributed by atoms with Gasteiger partial charge in [0.2, 0.25) is 0 Å². The molecule has 146 valence electrons. The number of rotatable bonds is 6. The molecule has 2 heterocycles. The Morgan fingerprint density at radius 2 is 2.00 bits per heavy atom. The van der Waals surface area contributed by atoms with E-state index in [0.717, 1.165) is 27.7 Å². The van der Waals surface area contributed by atoms with E-state index >= 15 is 0 Å². The largest absolute Gasteiger partial charge is 0.321 e. The molecule has 4 rings (SSSR count). The van der Waals surface area contributed by atoms with E-state index in [9.17, 15) is 4.79 Å². The van der Waals surface area contributed by atoms with Gasteiger partial charge in [-0.25, -0.2) is 4.98 Å². The van der Waals surface area contributed by atoms with Crippen LogP contribution in [0.1, 0.15) is 47.3 Å². The predicted molar refractivity (Wildman–Crippen MR) is 118 cm³/mol. The van der Waals surface area contributed by atoms with Crippen molar-refractivity contribution in [3.8, 4) is 9.88 Å². The molecule has 0 spiro atoms. The molecular formula is C22H25N3OS2. The van der Waals surface area contributed by atoms with Crippen molar-refractivity contribution in [3.05, 3.63) is 58.4 Å². The number of thiophene rings is 1. The van der Waals surface area contributed by atoms with Gasteiger partial charge in [0, 0.05) is 18.3 Å². The molecule has 3 aromatic rings. The SMILES string of the molecule is CN(Cc1ccccc1NC(=O)c1cnc(-c2cccs2)s1)C1CCCCC1. The first kappa shape index (κ1) is 19.3. The first-order valence-electron chi connectivity index (χ1n) is 9.80. The van der Waals surface area contributed by atoms with Crippen LogP contribution in [0, 0.1) is 0 Å². The van der Waals surface area contributed by atoms with E-state index in [-0.39, 0.29) is 5.91 Å². The number of hydrogen-bond acceptors (Lipinski definition) is 5. The Morgan fingerprint density at radius 1 is 1.18 bits per heavy atom. The number of amides is 1. The van der Waals surface area contributed by atoms with Gasteiger partial charge in [0.25, 0.3) is 5.91 Å². The molecule has 0 radical (unpaired) electrons. The number of carbonyl (C=O) groups is 1. The zero-order valence-corrected chi connectivity index (χ0v) is 17.7. The van der Waals surface area contributed by atoms with Crippen molar-refractivity contribution in [2.45, 2.75) is 44.7 Å². The van der Waals surface area contributed by atoms with Gasteiger partial charge in [-0.2, -0.15) is 0 Å². The van der Waals surface area contributed by atoms with Gasteiger partial charge < -0.3 is 5.32 Å². The Hall–Kier alpha value is -2.02. The lowest BCUT2D eigenvalue weighted by Crippen LogP contribution is -2.33. The number of anilines is 1. The molecule has 0 bridgehead atoms. The molecule has 1 saturated carbocycles. The molecule has 0 unspecified atom stereocenters. The van der Waals surface area contributed by atoms with Crippen molar-refractivity contribution in [3.63, 3.8) is 0 Å². The normalized spacial score (nSPS) is 15.1. The Labute approximate surface area is 174 Å². The molecule has 1 aromatic carbocycles. The average molecular weight is 412 g/mol. The smallest absolute Gasteiger partial charge is 0.267 e.